The largest absolute Gasteiger partial charge is 0.383 e. The van der Waals surface area contributed by atoms with E-state index in [-0.39, 0.29) is 5.91 Å². The molecular weight excluding hydrogens is 266 g/mol. The molecule has 0 unspecified atom stereocenters. The number of methoxy groups -OCH3 is 1. The van der Waals surface area contributed by atoms with E-state index in [1.54, 1.807) is 7.11 Å². The molecule has 0 saturated carbocycles. The number of nitrogens with zero attached hydrogens (tertiary/aromatic N) is 3. The third-order valence-corrected chi connectivity index (χ3v) is 3.08. The topological polar surface area (TPSA) is 79.4 Å². The minimum Gasteiger partial charge on any atom is -0.383 e. The number of anilines is 1. The van der Waals surface area contributed by atoms with Gasteiger partial charge in [-0.1, -0.05) is 4.49 Å². The lowest BCUT2D eigenvalue weighted by Crippen LogP contribution is -2.36. The maximum absolute atomic E-state index is 11.6. The monoisotopic (exact) mass is 287 g/mol. The summed E-state index contributed by atoms with van der Waals surface area (Å²) >= 11 is 1.34. The van der Waals surface area contributed by atoms with E-state index < -0.39 is 0 Å². The van der Waals surface area contributed by atoms with Gasteiger partial charge in [0.1, 0.15) is 10.7 Å². The summed E-state index contributed by atoms with van der Waals surface area (Å²) in [5.41, 5.74) is 0.874. The van der Waals surface area contributed by atoms with Crippen molar-refractivity contribution in [2.24, 2.45) is 0 Å². The average Bonchev–Trinajstić information content (AvgIpc) is 2.77. The molecule has 108 valence electrons. The first-order valence-corrected chi connectivity index (χ1v) is 6.94. The molecule has 1 rings (SSSR count). The zero-order valence-electron chi connectivity index (χ0n) is 11.6. The highest BCUT2D eigenvalue weighted by Crippen LogP contribution is 2.18. The number of carbonyl (C=O) groups is 1. The molecule has 1 aromatic rings. The quantitative estimate of drug-likeness (QED) is 0.630. The minimum absolute atomic E-state index is 0.0206. The van der Waals surface area contributed by atoms with E-state index in [1.807, 2.05) is 18.9 Å². The van der Waals surface area contributed by atoms with Crippen LogP contribution in [0.1, 0.15) is 12.6 Å². The molecule has 0 spiro atoms. The number of nitrogens with one attached hydrogen (secondary N) is 2. The van der Waals surface area contributed by atoms with Crippen molar-refractivity contribution in [2.45, 2.75) is 13.5 Å². The molecule has 0 aliphatic rings. The lowest BCUT2D eigenvalue weighted by atomic mass is 10.4. The van der Waals surface area contributed by atoms with Crippen molar-refractivity contribution >= 4 is 22.4 Å². The van der Waals surface area contributed by atoms with E-state index >= 15 is 0 Å². The molecule has 0 saturated heterocycles. The number of aromatic nitrogens is 2. The fourth-order valence-electron chi connectivity index (χ4n) is 1.51. The fraction of sp³-hybridized carbons (Fsp3) is 0.727. The van der Waals surface area contributed by atoms with Crippen molar-refractivity contribution in [3.63, 3.8) is 0 Å². The molecule has 0 fully saturated rings. The highest BCUT2D eigenvalue weighted by Gasteiger charge is 2.12. The predicted octanol–water partition coefficient (Wildman–Crippen LogP) is 0.164. The summed E-state index contributed by atoms with van der Waals surface area (Å²) in [7, 11) is 3.49. The summed E-state index contributed by atoms with van der Waals surface area (Å²) in [6, 6.07) is 0. The zero-order chi connectivity index (χ0) is 14.1. The van der Waals surface area contributed by atoms with Crippen LogP contribution in [0.15, 0.2) is 0 Å². The maximum atomic E-state index is 11.6. The summed E-state index contributed by atoms with van der Waals surface area (Å²) in [4.78, 5) is 13.5. The van der Waals surface area contributed by atoms with E-state index in [0.29, 0.717) is 26.2 Å². The van der Waals surface area contributed by atoms with Gasteiger partial charge in [0, 0.05) is 38.3 Å². The van der Waals surface area contributed by atoms with Gasteiger partial charge in [-0.2, -0.15) is 0 Å². The Kier molecular flexibility index (Phi) is 7.31. The van der Waals surface area contributed by atoms with Crippen molar-refractivity contribution < 1.29 is 9.53 Å². The van der Waals surface area contributed by atoms with Gasteiger partial charge in [-0.15, -0.1) is 5.10 Å². The lowest BCUT2D eigenvalue weighted by Gasteiger charge is -2.15. The van der Waals surface area contributed by atoms with Gasteiger partial charge in [-0.3, -0.25) is 9.69 Å². The molecule has 0 bridgehead atoms. The van der Waals surface area contributed by atoms with Gasteiger partial charge in [0.2, 0.25) is 5.91 Å². The van der Waals surface area contributed by atoms with E-state index in [2.05, 4.69) is 20.2 Å². The number of likely N-dealkylation sites (N-methyl/N-ethyl adjacent to an activating group) is 1. The number of carbonyl (C=O) groups excluding carboxylic acids is 1. The normalized spacial score (nSPS) is 10.7. The first-order chi connectivity index (χ1) is 9.17. The number of amides is 1. The Bertz CT molecular complexity index is 385. The van der Waals surface area contributed by atoms with Crippen LogP contribution in [0.5, 0.6) is 0 Å². The summed E-state index contributed by atoms with van der Waals surface area (Å²) in [5.74, 6) is -0.0206. The maximum Gasteiger partial charge on any atom is 0.234 e. The molecule has 1 aromatic heterocycles. The summed E-state index contributed by atoms with van der Waals surface area (Å²) in [6.45, 7) is 4.83. The number of ether oxygens (including phenoxy) is 1. The van der Waals surface area contributed by atoms with Crippen LogP contribution < -0.4 is 10.6 Å². The Labute approximate surface area is 117 Å². The molecule has 0 aliphatic carbocycles. The smallest absolute Gasteiger partial charge is 0.234 e. The van der Waals surface area contributed by atoms with Crippen LogP contribution in [0.2, 0.25) is 0 Å². The van der Waals surface area contributed by atoms with Crippen LogP contribution in [0.25, 0.3) is 0 Å². The van der Waals surface area contributed by atoms with E-state index in [4.69, 9.17) is 4.74 Å². The van der Waals surface area contributed by atoms with Gasteiger partial charge in [0.15, 0.2) is 0 Å². The number of rotatable bonds is 9. The van der Waals surface area contributed by atoms with Crippen LogP contribution in [-0.4, -0.2) is 60.8 Å². The van der Waals surface area contributed by atoms with Gasteiger partial charge >= 0.3 is 0 Å². The lowest BCUT2D eigenvalue weighted by molar-refractivity contribution is -0.122. The Hall–Kier alpha value is -1.25. The summed E-state index contributed by atoms with van der Waals surface area (Å²) in [5, 5.41) is 11.0. The number of hydrogen-bond acceptors (Lipinski definition) is 7. The molecule has 19 heavy (non-hydrogen) atoms. The molecule has 1 amide bonds. The van der Waals surface area contributed by atoms with E-state index in [0.717, 1.165) is 17.2 Å². The average molecular weight is 287 g/mol. The van der Waals surface area contributed by atoms with Crippen LogP contribution in [0.4, 0.5) is 5.00 Å². The third-order valence-electron chi connectivity index (χ3n) is 2.35. The van der Waals surface area contributed by atoms with Gasteiger partial charge in [-0.25, -0.2) is 0 Å². The highest BCUT2D eigenvalue weighted by molar-refractivity contribution is 7.10. The van der Waals surface area contributed by atoms with Crippen LogP contribution >= 0.6 is 11.5 Å². The molecule has 8 heteroatoms. The van der Waals surface area contributed by atoms with Crippen molar-refractivity contribution in [3.05, 3.63) is 5.69 Å². The Morgan fingerprint density at radius 1 is 1.53 bits per heavy atom. The van der Waals surface area contributed by atoms with Gasteiger partial charge in [-0.05, 0) is 14.0 Å². The van der Waals surface area contributed by atoms with E-state index in [9.17, 15) is 4.79 Å². The molecule has 0 aliphatic heterocycles. The fourth-order valence-corrected chi connectivity index (χ4v) is 2.15. The molecule has 2 N–H and O–H groups in total. The van der Waals surface area contributed by atoms with Gasteiger partial charge < -0.3 is 15.4 Å². The second kappa shape index (κ2) is 8.78. The standard InChI is InChI=1S/C11H21N5O2S/c1-4-12-11-9(14-15-19-11)7-16(2)8-10(17)13-5-6-18-3/h12H,4-8H2,1-3H3,(H,13,17). The van der Waals surface area contributed by atoms with Gasteiger partial charge in [0.05, 0.1) is 13.2 Å². The van der Waals surface area contributed by atoms with Gasteiger partial charge in [0.25, 0.3) is 0 Å². The Balaban J connectivity index is 2.35. The second-order valence-electron chi connectivity index (χ2n) is 4.09. The molecule has 0 atom stereocenters. The Morgan fingerprint density at radius 2 is 2.32 bits per heavy atom. The van der Waals surface area contributed by atoms with Crippen molar-refractivity contribution in [1.29, 1.82) is 0 Å². The molecule has 0 aromatic carbocycles. The van der Waals surface area contributed by atoms with E-state index in [1.165, 1.54) is 11.5 Å². The van der Waals surface area contributed by atoms with Crippen molar-refractivity contribution in [3.8, 4) is 0 Å². The molecule has 0 radical (unpaired) electrons. The third kappa shape index (κ3) is 5.95. The molecule has 7 nitrogen and oxygen atoms in total. The zero-order valence-corrected chi connectivity index (χ0v) is 12.4. The minimum atomic E-state index is -0.0206. The SMILES string of the molecule is CCNc1snnc1CN(C)CC(=O)NCCOC. The first kappa shape index (κ1) is 15.8. The number of hydrogen-bond donors (Lipinski definition) is 2. The van der Waals surface area contributed by atoms with Crippen LogP contribution in [0.3, 0.4) is 0 Å². The molecular formula is C11H21N5O2S. The highest BCUT2D eigenvalue weighted by atomic mass is 32.1. The first-order valence-electron chi connectivity index (χ1n) is 6.16. The van der Waals surface area contributed by atoms with Crippen LogP contribution in [-0.2, 0) is 16.1 Å². The second-order valence-corrected chi connectivity index (χ2v) is 4.85. The summed E-state index contributed by atoms with van der Waals surface area (Å²) < 4.78 is 8.79. The predicted molar refractivity (Wildman–Crippen MR) is 75.3 cm³/mol. The summed E-state index contributed by atoms with van der Waals surface area (Å²) in [6.07, 6.45) is 0. The van der Waals surface area contributed by atoms with Crippen molar-refractivity contribution in [1.82, 2.24) is 19.8 Å². The molecule has 1 heterocycles. The Morgan fingerprint density at radius 3 is 3.00 bits per heavy atom. The van der Waals surface area contributed by atoms with Crippen molar-refractivity contribution in [2.75, 3.05) is 45.7 Å². The van der Waals surface area contributed by atoms with Crippen LogP contribution in [0, 0.1) is 0 Å².